The Hall–Kier alpha value is -0.910. The summed E-state index contributed by atoms with van der Waals surface area (Å²) >= 11 is 6.02. The lowest BCUT2D eigenvalue weighted by Gasteiger charge is -2.37. The van der Waals surface area contributed by atoms with Crippen molar-refractivity contribution in [2.45, 2.75) is 38.9 Å². The molecule has 1 aromatic heterocycles. The quantitative estimate of drug-likeness (QED) is 0.858. The van der Waals surface area contributed by atoms with Gasteiger partial charge in [0.1, 0.15) is 17.6 Å². The van der Waals surface area contributed by atoms with E-state index in [4.69, 9.17) is 16.3 Å². The van der Waals surface area contributed by atoms with Crippen molar-refractivity contribution in [3.63, 3.8) is 0 Å². The van der Waals surface area contributed by atoms with Crippen molar-refractivity contribution in [1.29, 1.82) is 0 Å². The van der Waals surface area contributed by atoms with Crippen LogP contribution in [0.15, 0.2) is 6.07 Å². The van der Waals surface area contributed by atoms with Crippen LogP contribution in [-0.4, -0.2) is 40.4 Å². The van der Waals surface area contributed by atoms with E-state index >= 15 is 0 Å². The van der Waals surface area contributed by atoms with Gasteiger partial charge < -0.3 is 14.7 Å². The summed E-state index contributed by atoms with van der Waals surface area (Å²) in [5, 5.41) is 10.6. The zero-order valence-corrected chi connectivity index (χ0v) is 12.2. The second-order valence-corrected chi connectivity index (χ2v) is 5.51. The Kier molecular flexibility index (Phi) is 4.60. The smallest absolute Gasteiger partial charge is 0.158 e. The molecule has 0 aromatic carbocycles. The van der Waals surface area contributed by atoms with E-state index in [1.807, 2.05) is 18.7 Å². The third kappa shape index (κ3) is 4.03. The molecule has 19 heavy (non-hydrogen) atoms. The molecule has 0 bridgehead atoms. The van der Waals surface area contributed by atoms with Gasteiger partial charge >= 0.3 is 0 Å². The van der Waals surface area contributed by atoms with Crippen molar-refractivity contribution < 1.29 is 9.84 Å². The van der Waals surface area contributed by atoms with Gasteiger partial charge in [0.15, 0.2) is 5.82 Å². The summed E-state index contributed by atoms with van der Waals surface area (Å²) in [6.07, 6.45) is 1.75. The summed E-state index contributed by atoms with van der Waals surface area (Å²) < 4.78 is 5.31. The molecule has 1 saturated heterocycles. The highest BCUT2D eigenvalue weighted by atomic mass is 35.5. The second kappa shape index (κ2) is 6.03. The molecule has 5 nitrogen and oxygen atoms in total. The van der Waals surface area contributed by atoms with Crippen LogP contribution in [0.3, 0.4) is 0 Å². The van der Waals surface area contributed by atoms with Gasteiger partial charge in [-0.05, 0) is 26.7 Å². The SMILES string of the molecule is CCOCc1nc(Cl)cc(N2CCCC(C)(O)C2)n1. The van der Waals surface area contributed by atoms with Gasteiger partial charge in [-0.3, -0.25) is 0 Å². The Balaban J connectivity index is 2.16. The highest BCUT2D eigenvalue weighted by Gasteiger charge is 2.29. The number of piperidine rings is 1. The summed E-state index contributed by atoms with van der Waals surface area (Å²) in [4.78, 5) is 10.6. The third-order valence-corrected chi connectivity index (χ3v) is 3.36. The van der Waals surface area contributed by atoms with Gasteiger partial charge in [-0.25, -0.2) is 9.97 Å². The van der Waals surface area contributed by atoms with E-state index in [0.717, 1.165) is 25.2 Å². The van der Waals surface area contributed by atoms with Crippen molar-refractivity contribution in [3.8, 4) is 0 Å². The fourth-order valence-corrected chi connectivity index (χ4v) is 2.48. The van der Waals surface area contributed by atoms with Gasteiger partial charge in [-0.15, -0.1) is 0 Å². The molecular formula is C13H20ClN3O2. The summed E-state index contributed by atoms with van der Waals surface area (Å²) in [6.45, 7) is 6.18. The van der Waals surface area contributed by atoms with Crippen molar-refractivity contribution in [1.82, 2.24) is 9.97 Å². The summed E-state index contributed by atoms with van der Waals surface area (Å²) in [6, 6.07) is 1.73. The number of hydrogen-bond acceptors (Lipinski definition) is 5. The zero-order valence-electron chi connectivity index (χ0n) is 11.4. The first-order valence-electron chi connectivity index (χ1n) is 6.59. The van der Waals surface area contributed by atoms with Gasteiger partial charge in [0.25, 0.3) is 0 Å². The lowest BCUT2D eigenvalue weighted by atomic mass is 9.95. The number of anilines is 1. The molecule has 1 fully saturated rings. The fraction of sp³-hybridized carbons (Fsp3) is 0.692. The van der Waals surface area contributed by atoms with Gasteiger partial charge in [-0.2, -0.15) is 0 Å². The van der Waals surface area contributed by atoms with Crippen LogP contribution in [0.4, 0.5) is 5.82 Å². The number of rotatable bonds is 4. The average Bonchev–Trinajstić information content (AvgIpc) is 2.34. The molecule has 1 atom stereocenters. The lowest BCUT2D eigenvalue weighted by Crippen LogP contribution is -2.46. The Morgan fingerprint density at radius 2 is 2.32 bits per heavy atom. The molecule has 0 spiro atoms. The maximum atomic E-state index is 10.1. The maximum Gasteiger partial charge on any atom is 0.158 e. The Morgan fingerprint density at radius 3 is 3.00 bits per heavy atom. The van der Waals surface area contributed by atoms with Gasteiger partial charge in [-0.1, -0.05) is 11.6 Å². The summed E-state index contributed by atoms with van der Waals surface area (Å²) in [7, 11) is 0. The standard InChI is InChI=1S/C13H20ClN3O2/c1-3-19-8-11-15-10(14)7-12(16-11)17-6-4-5-13(2,18)9-17/h7,18H,3-6,8-9H2,1-2H3. The van der Waals surface area contributed by atoms with Crippen LogP contribution in [0, 0.1) is 0 Å². The highest BCUT2D eigenvalue weighted by Crippen LogP contribution is 2.25. The maximum absolute atomic E-state index is 10.1. The Bertz CT molecular complexity index is 440. The van der Waals surface area contributed by atoms with Crippen LogP contribution in [0.2, 0.25) is 5.15 Å². The van der Waals surface area contributed by atoms with Crippen molar-refractivity contribution >= 4 is 17.4 Å². The van der Waals surface area contributed by atoms with Crippen molar-refractivity contribution in [2.24, 2.45) is 0 Å². The number of halogens is 1. The van der Waals surface area contributed by atoms with Gasteiger partial charge in [0.2, 0.25) is 0 Å². The molecule has 0 aliphatic carbocycles. The largest absolute Gasteiger partial charge is 0.388 e. The van der Waals surface area contributed by atoms with Crippen LogP contribution in [-0.2, 0) is 11.3 Å². The summed E-state index contributed by atoms with van der Waals surface area (Å²) in [5.74, 6) is 1.34. The number of hydrogen-bond donors (Lipinski definition) is 1. The molecule has 0 saturated carbocycles. The van der Waals surface area contributed by atoms with Crippen LogP contribution >= 0.6 is 11.6 Å². The first-order chi connectivity index (χ1) is 9.00. The lowest BCUT2D eigenvalue weighted by molar-refractivity contribution is 0.0446. The first kappa shape index (κ1) is 14.5. The Morgan fingerprint density at radius 1 is 1.53 bits per heavy atom. The third-order valence-electron chi connectivity index (χ3n) is 3.16. The van der Waals surface area contributed by atoms with Crippen LogP contribution in [0.1, 0.15) is 32.5 Å². The molecule has 2 rings (SSSR count). The zero-order chi connectivity index (χ0) is 13.9. The number of aromatic nitrogens is 2. The predicted molar refractivity (Wildman–Crippen MR) is 74.4 cm³/mol. The average molecular weight is 286 g/mol. The van der Waals surface area contributed by atoms with E-state index in [0.29, 0.717) is 30.7 Å². The molecule has 1 aromatic rings. The summed E-state index contributed by atoms with van der Waals surface area (Å²) in [5.41, 5.74) is -0.671. The molecule has 0 amide bonds. The normalized spacial score (nSPS) is 23.7. The van der Waals surface area contributed by atoms with Crippen molar-refractivity contribution in [2.75, 3.05) is 24.6 Å². The van der Waals surface area contributed by atoms with Gasteiger partial charge in [0.05, 0.1) is 5.60 Å². The molecule has 106 valence electrons. The van der Waals surface area contributed by atoms with E-state index in [1.165, 1.54) is 0 Å². The number of aliphatic hydroxyl groups is 1. The molecule has 1 aliphatic heterocycles. The number of ether oxygens (including phenoxy) is 1. The Labute approximate surface area is 118 Å². The molecular weight excluding hydrogens is 266 g/mol. The first-order valence-corrected chi connectivity index (χ1v) is 6.96. The minimum Gasteiger partial charge on any atom is -0.388 e. The molecule has 1 unspecified atom stereocenters. The van der Waals surface area contributed by atoms with Crippen molar-refractivity contribution in [3.05, 3.63) is 17.0 Å². The van der Waals surface area contributed by atoms with Crippen LogP contribution in [0.5, 0.6) is 0 Å². The molecule has 0 radical (unpaired) electrons. The van der Waals surface area contributed by atoms with Crippen LogP contribution in [0.25, 0.3) is 0 Å². The molecule has 2 heterocycles. The topological polar surface area (TPSA) is 58.5 Å². The van der Waals surface area contributed by atoms with Crippen LogP contribution < -0.4 is 4.90 Å². The van der Waals surface area contributed by atoms with E-state index in [-0.39, 0.29) is 0 Å². The van der Waals surface area contributed by atoms with E-state index in [9.17, 15) is 5.11 Å². The van der Waals surface area contributed by atoms with Gasteiger partial charge in [0, 0.05) is 25.8 Å². The minimum atomic E-state index is -0.671. The monoisotopic (exact) mass is 285 g/mol. The van der Waals surface area contributed by atoms with E-state index in [2.05, 4.69) is 9.97 Å². The predicted octanol–water partition coefficient (Wildman–Crippen LogP) is 2.02. The molecule has 1 N–H and O–H groups in total. The van der Waals surface area contributed by atoms with E-state index in [1.54, 1.807) is 6.07 Å². The molecule has 1 aliphatic rings. The fourth-order valence-electron chi connectivity index (χ4n) is 2.29. The highest BCUT2D eigenvalue weighted by molar-refractivity contribution is 6.29. The minimum absolute atomic E-state index is 0.355. The van der Waals surface area contributed by atoms with E-state index < -0.39 is 5.60 Å². The second-order valence-electron chi connectivity index (χ2n) is 5.12. The number of nitrogens with zero attached hydrogens (tertiary/aromatic N) is 3. The number of β-amino-alcohol motifs (C(OH)–C–C–N with tert-alkyl or cyclic N) is 1. The molecule has 6 heteroatoms.